The van der Waals surface area contributed by atoms with Crippen molar-refractivity contribution in [2.24, 2.45) is 0 Å². The highest BCUT2D eigenvalue weighted by molar-refractivity contribution is 7.23. The van der Waals surface area contributed by atoms with Crippen molar-refractivity contribution in [1.82, 2.24) is 9.88 Å². The monoisotopic (exact) mass is 457 g/mol. The summed E-state index contributed by atoms with van der Waals surface area (Å²) in [6, 6.07) is 9.48. The molecule has 5 nitrogen and oxygen atoms in total. The average Bonchev–Trinajstić information content (AvgIpc) is 3.10. The number of carbonyl (C=O) groups is 1. The molecule has 3 aromatic rings. The zero-order valence-corrected chi connectivity index (χ0v) is 18.7. The minimum absolute atomic E-state index is 0. The summed E-state index contributed by atoms with van der Waals surface area (Å²) in [5, 5.41) is 1.13. The lowest BCUT2D eigenvalue weighted by molar-refractivity contribution is -0.118. The molecule has 0 atom stereocenters. The number of nitrogens with zero attached hydrogens (tertiary/aromatic N) is 3. The maximum Gasteiger partial charge on any atom is 0.233 e. The first kappa shape index (κ1) is 23.3. The van der Waals surface area contributed by atoms with Crippen molar-refractivity contribution in [3.05, 3.63) is 52.8 Å². The Kier molecular flexibility index (Phi) is 8.22. The lowest BCUT2D eigenvalue weighted by atomic mass is 10.1. The summed E-state index contributed by atoms with van der Waals surface area (Å²) in [5.41, 5.74) is 1.39. The molecule has 0 fully saturated rings. The molecule has 0 unspecified atom stereocenters. The van der Waals surface area contributed by atoms with Gasteiger partial charge in [0, 0.05) is 13.1 Å². The Bertz CT molecular complexity index is 980. The van der Waals surface area contributed by atoms with E-state index in [1.807, 2.05) is 19.0 Å². The molecular formula is C20H22Cl2FN3O2S. The van der Waals surface area contributed by atoms with Crippen LogP contribution in [-0.4, -0.2) is 50.1 Å². The van der Waals surface area contributed by atoms with Crippen LogP contribution < -0.4 is 9.64 Å². The maximum atomic E-state index is 13.2. The molecule has 1 amide bonds. The van der Waals surface area contributed by atoms with Gasteiger partial charge >= 0.3 is 0 Å². The number of halogens is 3. The van der Waals surface area contributed by atoms with Crippen LogP contribution in [0.1, 0.15) is 5.56 Å². The molecule has 1 heterocycles. The normalized spacial score (nSPS) is 10.8. The zero-order valence-electron chi connectivity index (χ0n) is 16.3. The highest BCUT2D eigenvalue weighted by Crippen LogP contribution is 2.38. The van der Waals surface area contributed by atoms with E-state index in [2.05, 4.69) is 4.98 Å². The molecule has 9 heteroatoms. The van der Waals surface area contributed by atoms with Crippen molar-refractivity contribution < 1.29 is 13.9 Å². The quantitative estimate of drug-likeness (QED) is 0.517. The van der Waals surface area contributed by atoms with Crippen LogP contribution >= 0.6 is 35.3 Å². The minimum atomic E-state index is -0.325. The van der Waals surface area contributed by atoms with Crippen molar-refractivity contribution in [3.63, 3.8) is 0 Å². The van der Waals surface area contributed by atoms with Gasteiger partial charge in [0.2, 0.25) is 5.91 Å². The molecule has 0 N–H and O–H groups in total. The summed E-state index contributed by atoms with van der Waals surface area (Å²) < 4.78 is 19.3. The Hall–Kier alpha value is -1.93. The highest BCUT2D eigenvalue weighted by atomic mass is 35.5. The molecule has 1 aromatic heterocycles. The number of hydrogen-bond acceptors (Lipinski definition) is 5. The third-order valence-electron chi connectivity index (χ3n) is 4.24. The van der Waals surface area contributed by atoms with E-state index in [4.69, 9.17) is 16.3 Å². The molecule has 0 bridgehead atoms. The maximum absolute atomic E-state index is 13.2. The second kappa shape index (κ2) is 10.2. The molecule has 0 saturated heterocycles. The van der Waals surface area contributed by atoms with Gasteiger partial charge in [-0.25, -0.2) is 9.37 Å². The first-order valence-electron chi connectivity index (χ1n) is 8.71. The van der Waals surface area contributed by atoms with Gasteiger partial charge in [0.15, 0.2) is 5.13 Å². The SMILES string of the molecule is COc1ccc(Cl)c2sc(N(CCN(C)C)C(=O)Cc3ccc(F)cc3)nc12.Cl. The smallest absolute Gasteiger partial charge is 0.233 e. The van der Waals surface area contributed by atoms with Gasteiger partial charge in [-0.2, -0.15) is 0 Å². The summed E-state index contributed by atoms with van der Waals surface area (Å²) in [6.07, 6.45) is 0.161. The van der Waals surface area contributed by atoms with E-state index in [0.29, 0.717) is 34.5 Å². The summed E-state index contributed by atoms with van der Waals surface area (Å²) >= 11 is 7.68. The lowest BCUT2D eigenvalue weighted by Crippen LogP contribution is -2.37. The van der Waals surface area contributed by atoms with Gasteiger partial charge in [-0.1, -0.05) is 35.1 Å². The number of amides is 1. The van der Waals surface area contributed by atoms with Crippen molar-refractivity contribution in [1.29, 1.82) is 0 Å². The van der Waals surface area contributed by atoms with Crippen LogP contribution in [0.5, 0.6) is 5.75 Å². The molecule has 0 spiro atoms. The van der Waals surface area contributed by atoms with Gasteiger partial charge in [-0.3, -0.25) is 9.69 Å². The predicted molar refractivity (Wildman–Crippen MR) is 119 cm³/mol. The van der Waals surface area contributed by atoms with E-state index < -0.39 is 0 Å². The fourth-order valence-corrected chi connectivity index (χ4v) is 4.02. The van der Waals surface area contributed by atoms with Crippen molar-refractivity contribution in [2.75, 3.05) is 39.2 Å². The first-order valence-corrected chi connectivity index (χ1v) is 9.91. The number of benzene rings is 2. The number of carbonyl (C=O) groups excluding carboxylic acids is 1. The molecule has 2 aromatic carbocycles. The molecule has 156 valence electrons. The Labute approximate surface area is 184 Å². The second-order valence-corrected chi connectivity index (χ2v) is 7.96. The molecule has 0 aliphatic rings. The molecule has 29 heavy (non-hydrogen) atoms. The van der Waals surface area contributed by atoms with Crippen LogP contribution in [0, 0.1) is 5.82 Å². The largest absolute Gasteiger partial charge is 0.494 e. The number of ether oxygens (including phenoxy) is 1. The Balaban J connectivity index is 0.00000300. The van der Waals surface area contributed by atoms with E-state index in [0.717, 1.165) is 10.3 Å². The van der Waals surface area contributed by atoms with E-state index in [-0.39, 0.29) is 30.6 Å². The minimum Gasteiger partial charge on any atom is -0.494 e. The standard InChI is InChI=1S/C20H21ClFN3O2S.ClH/c1-24(2)10-11-25(17(26)12-13-4-6-14(22)7-5-13)20-23-18-16(27-3)9-8-15(21)19(18)28-20;/h4-9H,10-12H2,1-3H3;1H. The summed E-state index contributed by atoms with van der Waals surface area (Å²) in [7, 11) is 5.47. The van der Waals surface area contributed by atoms with E-state index in [9.17, 15) is 9.18 Å². The van der Waals surface area contributed by atoms with Crippen LogP contribution in [0.25, 0.3) is 10.2 Å². The third kappa shape index (κ3) is 5.57. The van der Waals surface area contributed by atoms with E-state index in [1.54, 1.807) is 36.3 Å². The predicted octanol–water partition coefficient (Wildman–Crippen LogP) is 4.66. The van der Waals surface area contributed by atoms with Gasteiger partial charge in [0.25, 0.3) is 0 Å². The van der Waals surface area contributed by atoms with Gasteiger partial charge in [-0.05, 0) is 43.9 Å². The van der Waals surface area contributed by atoms with Gasteiger partial charge in [0.1, 0.15) is 17.1 Å². The number of likely N-dealkylation sites (N-methyl/N-ethyl adjacent to an activating group) is 1. The van der Waals surface area contributed by atoms with Gasteiger partial charge in [-0.15, -0.1) is 12.4 Å². The highest BCUT2D eigenvalue weighted by Gasteiger charge is 2.22. The van der Waals surface area contributed by atoms with E-state index >= 15 is 0 Å². The molecule has 0 aliphatic carbocycles. The molecule has 3 rings (SSSR count). The summed E-state index contributed by atoms with van der Waals surface area (Å²) in [5.74, 6) is 0.177. The first-order chi connectivity index (χ1) is 13.4. The van der Waals surface area contributed by atoms with Crippen LogP contribution in [0.15, 0.2) is 36.4 Å². The Morgan fingerprint density at radius 3 is 2.48 bits per heavy atom. The van der Waals surface area contributed by atoms with Gasteiger partial charge < -0.3 is 9.64 Å². The Morgan fingerprint density at radius 1 is 1.17 bits per heavy atom. The molecule has 0 aliphatic heterocycles. The number of rotatable bonds is 7. The lowest BCUT2D eigenvalue weighted by Gasteiger charge is -2.22. The average molecular weight is 458 g/mol. The van der Waals surface area contributed by atoms with Crippen LogP contribution in [-0.2, 0) is 11.2 Å². The van der Waals surface area contributed by atoms with Gasteiger partial charge in [0.05, 0.1) is 23.3 Å². The number of anilines is 1. The topological polar surface area (TPSA) is 45.7 Å². The molecule has 0 radical (unpaired) electrons. The van der Waals surface area contributed by atoms with E-state index in [1.165, 1.54) is 23.5 Å². The summed E-state index contributed by atoms with van der Waals surface area (Å²) in [6.45, 7) is 1.16. The van der Waals surface area contributed by atoms with Crippen molar-refractivity contribution >= 4 is 56.6 Å². The Morgan fingerprint density at radius 2 is 1.86 bits per heavy atom. The summed E-state index contributed by atoms with van der Waals surface area (Å²) in [4.78, 5) is 21.3. The zero-order chi connectivity index (χ0) is 20.3. The van der Waals surface area contributed by atoms with Crippen LogP contribution in [0.4, 0.5) is 9.52 Å². The molecular weight excluding hydrogens is 436 g/mol. The van der Waals surface area contributed by atoms with Crippen molar-refractivity contribution in [3.8, 4) is 5.75 Å². The number of hydrogen-bond donors (Lipinski definition) is 0. The fourth-order valence-electron chi connectivity index (χ4n) is 2.72. The van der Waals surface area contributed by atoms with Crippen LogP contribution in [0.3, 0.4) is 0 Å². The number of thiazole rings is 1. The fraction of sp³-hybridized carbons (Fsp3) is 0.300. The van der Waals surface area contributed by atoms with Crippen LogP contribution in [0.2, 0.25) is 5.02 Å². The third-order valence-corrected chi connectivity index (χ3v) is 5.78. The second-order valence-electron chi connectivity index (χ2n) is 6.58. The molecule has 0 saturated carbocycles. The van der Waals surface area contributed by atoms with Crippen molar-refractivity contribution in [2.45, 2.75) is 6.42 Å². The number of methoxy groups -OCH3 is 1. The number of aromatic nitrogens is 1. The number of fused-ring (bicyclic) bond motifs is 1.